The molecular formula is C20H22N4O2S. The van der Waals surface area contributed by atoms with Gasteiger partial charge < -0.3 is 20.5 Å². The molecule has 7 heteroatoms. The number of nitrogens with two attached hydrogens (primary N) is 1. The number of hydrogen-bond acceptors (Lipinski definition) is 5. The van der Waals surface area contributed by atoms with Crippen LogP contribution in [0, 0.1) is 0 Å². The van der Waals surface area contributed by atoms with E-state index < -0.39 is 0 Å². The molecule has 0 radical (unpaired) electrons. The van der Waals surface area contributed by atoms with Gasteiger partial charge in [0.25, 0.3) is 0 Å². The van der Waals surface area contributed by atoms with Crippen LogP contribution >= 0.6 is 11.3 Å². The number of carbonyl (C=O) groups is 1. The van der Waals surface area contributed by atoms with Gasteiger partial charge in [-0.15, -0.1) is 0 Å². The SMILES string of the molecule is NC(=O)CCC1CN(c2ccccc2)CCN1c1ccc2sc(=O)[nH]c2c1. The number of aromatic nitrogens is 1. The van der Waals surface area contributed by atoms with Gasteiger partial charge >= 0.3 is 4.87 Å². The van der Waals surface area contributed by atoms with E-state index >= 15 is 0 Å². The Hall–Kier alpha value is -2.80. The Balaban J connectivity index is 1.61. The number of para-hydroxylation sites is 1. The highest BCUT2D eigenvalue weighted by atomic mass is 32.1. The average Bonchev–Trinajstić information content (AvgIpc) is 3.06. The first-order valence-electron chi connectivity index (χ1n) is 9.08. The third-order valence-corrected chi connectivity index (χ3v) is 5.93. The van der Waals surface area contributed by atoms with Crippen LogP contribution in [0.5, 0.6) is 0 Å². The van der Waals surface area contributed by atoms with E-state index in [2.05, 4.69) is 33.0 Å². The molecule has 2 aromatic carbocycles. The first-order valence-corrected chi connectivity index (χ1v) is 9.89. The van der Waals surface area contributed by atoms with Crippen LogP contribution in [0.15, 0.2) is 53.3 Å². The minimum absolute atomic E-state index is 0.0404. The highest BCUT2D eigenvalue weighted by Gasteiger charge is 2.28. The third kappa shape index (κ3) is 3.83. The van der Waals surface area contributed by atoms with Crippen molar-refractivity contribution in [2.75, 3.05) is 29.4 Å². The number of hydrogen-bond donors (Lipinski definition) is 2. The Bertz CT molecular complexity index is 998. The number of amides is 1. The molecule has 1 aliphatic heterocycles. The van der Waals surface area contributed by atoms with Gasteiger partial charge in [-0.3, -0.25) is 9.59 Å². The average molecular weight is 382 g/mol. The fraction of sp³-hybridized carbons (Fsp3) is 0.300. The Labute approximate surface area is 161 Å². The van der Waals surface area contributed by atoms with E-state index in [4.69, 9.17) is 5.73 Å². The van der Waals surface area contributed by atoms with Gasteiger partial charge in [-0.2, -0.15) is 0 Å². The summed E-state index contributed by atoms with van der Waals surface area (Å²) in [5, 5.41) is 0. The zero-order chi connectivity index (χ0) is 18.8. The minimum Gasteiger partial charge on any atom is -0.370 e. The summed E-state index contributed by atoms with van der Waals surface area (Å²) in [6.07, 6.45) is 1.07. The number of H-pyrrole nitrogens is 1. The van der Waals surface area contributed by atoms with Crippen molar-refractivity contribution in [3.8, 4) is 0 Å². The molecule has 3 aromatic rings. The fourth-order valence-corrected chi connectivity index (χ4v) is 4.46. The lowest BCUT2D eigenvalue weighted by atomic mass is 10.0. The molecule has 1 atom stereocenters. The smallest absolute Gasteiger partial charge is 0.305 e. The molecule has 4 rings (SSSR count). The molecule has 1 unspecified atom stereocenters. The van der Waals surface area contributed by atoms with Crippen LogP contribution in [0.25, 0.3) is 10.2 Å². The van der Waals surface area contributed by atoms with Gasteiger partial charge in [-0.25, -0.2) is 0 Å². The Morgan fingerprint density at radius 1 is 1.15 bits per heavy atom. The first-order chi connectivity index (χ1) is 13.1. The number of benzene rings is 2. The highest BCUT2D eigenvalue weighted by molar-refractivity contribution is 7.16. The molecule has 0 saturated carbocycles. The van der Waals surface area contributed by atoms with Gasteiger partial charge in [0.2, 0.25) is 5.91 Å². The summed E-state index contributed by atoms with van der Waals surface area (Å²) >= 11 is 1.22. The molecule has 27 heavy (non-hydrogen) atoms. The number of nitrogens with one attached hydrogen (secondary N) is 1. The van der Waals surface area contributed by atoms with Crippen molar-refractivity contribution in [1.82, 2.24) is 4.98 Å². The number of rotatable bonds is 5. The van der Waals surface area contributed by atoms with Gasteiger partial charge in [0.15, 0.2) is 0 Å². The monoisotopic (exact) mass is 382 g/mol. The molecule has 1 amide bonds. The van der Waals surface area contributed by atoms with Crippen LogP contribution in [-0.4, -0.2) is 36.6 Å². The van der Waals surface area contributed by atoms with Gasteiger partial charge in [-0.05, 0) is 36.8 Å². The van der Waals surface area contributed by atoms with Crippen LogP contribution in [0.1, 0.15) is 12.8 Å². The summed E-state index contributed by atoms with van der Waals surface area (Å²) in [7, 11) is 0. The van der Waals surface area contributed by atoms with E-state index in [1.807, 2.05) is 30.3 Å². The standard InChI is InChI=1S/C20H22N4O2S/c21-19(25)9-7-16-13-23(14-4-2-1-3-5-14)10-11-24(16)15-6-8-18-17(12-15)22-20(26)27-18/h1-6,8,12,16H,7,9-11,13H2,(H2,21,25)(H,22,26). The number of primary amides is 1. The molecule has 140 valence electrons. The molecule has 1 aliphatic rings. The molecular weight excluding hydrogens is 360 g/mol. The normalized spacial score (nSPS) is 17.4. The molecule has 1 saturated heterocycles. The minimum atomic E-state index is -0.274. The molecule has 3 N–H and O–H groups in total. The summed E-state index contributed by atoms with van der Waals surface area (Å²) in [6.45, 7) is 2.57. The summed E-state index contributed by atoms with van der Waals surface area (Å²) in [5.74, 6) is -0.274. The van der Waals surface area contributed by atoms with Crippen molar-refractivity contribution in [3.05, 3.63) is 58.2 Å². The van der Waals surface area contributed by atoms with Crippen molar-refractivity contribution in [2.24, 2.45) is 5.73 Å². The van der Waals surface area contributed by atoms with Crippen molar-refractivity contribution in [2.45, 2.75) is 18.9 Å². The lowest BCUT2D eigenvalue weighted by Gasteiger charge is -2.44. The highest BCUT2D eigenvalue weighted by Crippen LogP contribution is 2.28. The molecule has 0 spiro atoms. The van der Waals surface area contributed by atoms with Crippen LogP contribution in [0.4, 0.5) is 11.4 Å². The number of carbonyl (C=O) groups excluding carboxylic acids is 1. The van der Waals surface area contributed by atoms with E-state index in [0.29, 0.717) is 12.8 Å². The fourth-order valence-electron chi connectivity index (χ4n) is 3.74. The largest absolute Gasteiger partial charge is 0.370 e. The summed E-state index contributed by atoms with van der Waals surface area (Å²) in [4.78, 5) is 30.5. The summed E-state index contributed by atoms with van der Waals surface area (Å²) in [6, 6.07) is 16.6. The Morgan fingerprint density at radius 3 is 2.74 bits per heavy atom. The number of anilines is 2. The van der Waals surface area contributed by atoms with Crippen molar-refractivity contribution < 1.29 is 4.79 Å². The molecule has 6 nitrogen and oxygen atoms in total. The van der Waals surface area contributed by atoms with Crippen LogP contribution < -0.4 is 20.4 Å². The van der Waals surface area contributed by atoms with Gasteiger partial charge in [0.1, 0.15) is 0 Å². The summed E-state index contributed by atoms with van der Waals surface area (Å²) in [5.41, 5.74) is 8.53. The van der Waals surface area contributed by atoms with Crippen molar-refractivity contribution >= 4 is 38.8 Å². The lowest BCUT2D eigenvalue weighted by molar-refractivity contribution is -0.118. The topological polar surface area (TPSA) is 82.4 Å². The van der Waals surface area contributed by atoms with Crippen LogP contribution in [0.2, 0.25) is 0 Å². The predicted octanol–water partition coefficient (Wildman–Crippen LogP) is 2.55. The quantitative estimate of drug-likeness (QED) is 0.710. The van der Waals surface area contributed by atoms with E-state index in [1.165, 1.54) is 17.0 Å². The summed E-state index contributed by atoms with van der Waals surface area (Å²) < 4.78 is 0.959. The number of fused-ring (bicyclic) bond motifs is 1. The Kier molecular flexibility index (Phi) is 4.85. The van der Waals surface area contributed by atoms with E-state index in [9.17, 15) is 9.59 Å². The first kappa shape index (κ1) is 17.6. The predicted molar refractivity (Wildman–Crippen MR) is 111 cm³/mol. The number of thiazole rings is 1. The second-order valence-corrected chi connectivity index (χ2v) is 7.84. The maximum atomic E-state index is 11.6. The van der Waals surface area contributed by atoms with E-state index in [-0.39, 0.29) is 16.8 Å². The zero-order valence-corrected chi connectivity index (χ0v) is 15.7. The second kappa shape index (κ2) is 7.44. The number of aromatic amines is 1. The van der Waals surface area contributed by atoms with Crippen molar-refractivity contribution in [1.29, 1.82) is 0 Å². The maximum Gasteiger partial charge on any atom is 0.305 e. The lowest BCUT2D eigenvalue weighted by Crippen LogP contribution is -2.53. The molecule has 1 fully saturated rings. The second-order valence-electron chi connectivity index (χ2n) is 6.83. The van der Waals surface area contributed by atoms with Gasteiger partial charge in [-0.1, -0.05) is 29.5 Å². The maximum absolute atomic E-state index is 11.6. The molecule has 1 aromatic heterocycles. The number of nitrogens with zero attached hydrogens (tertiary/aromatic N) is 2. The molecule has 2 heterocycles. The molecule has 0 bridgehead atoms. The van der Waals surface area contributed by atoms with Crippen molar-refractivity contribution in [3.63, 3.8) is 0 Å². The molecule has 0 aliphatic carbocycles. The van der Waals surface area contributed by atoms with Gasteiger partial charge in [0, 0.05) is 43.5 Å². The van der Waals surface area contributed by atoms with Gasteiger partial charge in [0.05, 0.1) is 10.2 Å². The third-order valence-electron chi connectivity index (χ3n) is 5.06. The number of piperazine rings is 1. The van der Waals surface area contributed by atoms with E-state index in [0.717, 1.165) is 35.5 Å². The van der Waals surface area contributed by atoms with Crippen LogP contribution in [-0.2, 0) is 4.79 Å². The van der Waals surface area contributed by atoms with Crippen LogP contribution in [0.3, 0.4) is 0 Å². The Morgan fingerprint density at radius 2 is 1.96 bits per heavy atom. The van der Waals surface area contributed by atoms with E-state index in [1.54, 1.807) is 0 Å². The zero-order valence-electron chi connectivity index (χ0n) is 14.9.